The summed E-state index contributed by atoms with van der Waals surface area (Å²) in [6, 6.07) is 9.60. The molecule has 0 radical (unpaired) electrons. The van der Waals surface area contributed by atoms with Gasteiger partial charge >= 0.3 is 5.88 Å². The first-order valence-electron chi connectivity index (χ1n) is 5.99. The van der Waals surface area contributed by atoms with Crippen LogP contribution in [0, 0.1) is 10.1 Å². The largest absolute Gasteiger partial charge is 0.484 e. The average Bonchev–Trinajstić information content (AvgIpc) is 2.94. The van der Waals surface area contributed by atoms with Gasteiger partial charge in [0.2, 0.25) is 0 Å². The number of amides is 1. The van der Waals surface area contributed by atoms with E-state index in [4.69, 9.17) is 9.15 Å². The number of halogens is 1. The Labute approximate surface area is 133 Å². The van der Waals surface area contributed by atoms with Crippen molar-refractivity contribution < 1.29 is 18.9 Å². The number of nitrogens with one attached hydrogen (secondary N) is 1. The molecule has 22 heavy (non-hydrogen) atoms. The van der Waals surface area contributed by atoms with Crippen molar-refractivity contribution in [1.82, 2.24) is 5.43 Å². The molecule has 0 fully saturated rings. The number of rotatable bonds is 6. The number of hydrogen-bond acceptors (Lipinski definition) is 6. The van der Waals surface area contributed by atoms with E-state index in [9.17, 15) is 14.9 Å². The van der Waals surface area contributed by atoms with Gasteiger partial charge in [0.1, 0.15) is 10.7 Å². The highest BCUT2D eigenvalue weighted by atomic mass is 79.9. The van der Waals surface area contributed by atoms with E-state index in [1.54, 1.807) is 18.2 Å². The highest BCUT2D eigenvalue weighted by molar-refractivity contribution is 9.10. The average molecular weight is 368 g/mol. The van der Waals surface area contributed by atoms with E-state index < -0.39 is 16.7 Å². The Morgan fingerprint density at radius 1 is 1.45 bits per heavy atom. The van der Waals surface area contributed by atoms with Gasteiger partial charge in [-0.15, -0.1) is 0 Å². The molecule has 9 heteroatoms. The first-order valence-corrected chi connectivity index (χ1v) is 6.78. The second kappa shape index (κ2) is 7.36. The summed E-state index contributed by atoms with van der Waals surface area (Å²) < 4.78 is 10.9. The maximum atomic E-state index is 11.5. The molecule has 0 unspecified atom stereocenters. The highest BCUT2D eigenvalue weighted by Gasteiger charge is 2.10. The summed E-state index contributed by atoms with van der Waals surface area (Å²) in [6.07, 6.45) is 1.16. The minimum Gasteiger partial charge on any atom is -0.484 e. The Morgan fingerprint density at radius 2 is 2.27 bits per heavy atom. The van der Waals surface area contributed by atoms with E-state index in [0.717, 1.165) is 10.7 Å². The summed E-state index contributed by atoms with van der Waals surface area (Å²) in [5.74, 6) is -0.182. The maximum Gasteiger partial charge on any atom is 0.433 e. The van der Waals surface area contributed by atoms with Crippen LogP contribution in [0.2, 0.25) is 0 Å². The molecular weight excluding hydrogens is 358 g/mol. The minimum atomic E-state index is -0.665. The Bertz CT molecular complexity index is 713. The van der Waals surface area contributed by atoms with E-state index in [-0.39, 0.29) is 12.4 Å². The molecule has 0 aliphatic carbocycles. The quantitative estimate of drug-likeness (QED) is 0.479. The topological polar surface area (TPSA) is 107 Å². The van der Waals surface area contributed by atoms with Crippen molar-refractivity contribution in [2.45, 2.75) is 0 Å². The number of benzene rings is 1. The van der Waals surface area contributed by atoms with Gasteiger partial charge in [-0.2, -0.15) is 5.10 Å². The SMILES string of the molecule is O=C(COc1cccc(Br)c1)N/N=C\c1ccc([N+](=O)[O-])o1. The molecule has 0 atom stereocenters. The fourth-order valence-corrected chi connectivity index (χ4v) is 1.79. The number of carbonyl (C=O) groups is 1. The van der Waals surface area contributed by atoms with Gasteiger partial charge in [-0.25, -0.2) is 5.43 Å². The molecule has 0 aliphatic heterocycles. The zero-order valence-corrected chi connectivity index (χ0v) is 12.6. The number of nitrogens with zero attached hydrogens (tertiary/aromatic N) is 2. The van der Waals surface area contributed by atoms with Crippen molar-refractivity contribution in [3.8, 4) is 5.75 Å². The van der Waals surface area contributed by atoms with Crippen molar-refractivity contribution in [2.75, 3.05) is 6.61 Å². The van der Waals surface area contributed by atoms with Gasteiger partial charge in [-0.1, -0.05) is 22.0 Å². The van der Waals surface area contributed by atoms with Gasteiger partial charge in [-0.05, 0) is 24.3 Å². The molecule has 0 spiro atoms. The van der Waals surface area contributed by atoms with E-state index in [1.807, 2.05) is 6.07 Å². The lowest BCUT2D eigenvalue weighted by atomic mass is 10.3. The maximum absolute atomic E-state index is 11.5. The molecular formula is C13H10BrN3O5. The molecule has 0 aliphatic rings. The number of hydrazone groups is 1. The zero-order valence-electron chi connectivity index (χ0n) is 11.1. The van der Waals surface area contributed by atoms with Crippen molar-refractivity contribution in [2.24, 2.45) is 5.10 Å². The van der Waals surface area contributed by atoms with Gasteiger partial charge in [0.15, 0.2) is 12.4 Å². The van der Waals surface area contributed by atoms with Crippen LogP contribution in [0.25, 0.3) is 0 Å². The second-order valence-corrected chi connectivity index (χ2v) is 4.89. The molecule has 0 bridgehead atoms. The molecule has 1 aromatic carbocycles. The highest BCUT2D eigenvalue weighted by Crippen LogP contribution is 2.17. The fraction of sp³-hybridized carbons (Fsp3) is 0.0769. The Kier molecular flexibility index (Phi) is 5.26. The molecule has 1 N–H and O–H groups in total. The third kappa shape index (κ3) is 4.70. The van der Waals surface area contributed by atoms with Crippen molar-refractivity contribution >= 4 is 33.9 Å². The molecule has 1 heterocycles. The molecule has 8 nitrogen and oxygen atoms in total. The standard InChI is InChI=1S/C13H10BrN3O5/c14-9-2-1-3-10(6-9)21-8-12(18)16-15-7-11-4-5-13(22-11)17(19)20/h1-7H,8H2,(H,16,18)/b15-7-. The van der Waals surface area contributed by atoms with Crippen LogP contribution in [0.3, 0.4) is 0 Å². The van der Waals surface area contributed by atoms with Crippen LogP contribution >= 0.6 is 15.9 Å². The van der Waals surface area contributed by atoms with Crippen LogP contribution < -0.4 is 10.2 Å². The number of ether oxygens (including phenoxy) is 1. The zero-order chi connectivity index (χ0) is 15.9. The summed E-state index contributed by atoms with van der Waals surface area (Å²) in [6.45, 7) is -0.216. The molecule has 2 rings (SSSR count). The fourth-order valence-electron chi connectivity index (χ4n) is 1.42. The van der Waals surface area contributed by atoms with E-state index in [0.29, 0.717) is 5.75 Å². The minimum absolute atomic E-state index is 0.153. The van der Waals surface area contributed by atoms with Crippen molar-refractivity contribution in [1.29, 1.82) is 0 Å². The first kappa shape index (κ1) is 15.7. The number of furan rings is 1. The normalized spacial score (nSPS) is 10.6. The second-order valence-electron chi connectivity index (χ2n) is 3.97. The summed E-state index contributed by atoms with van der Waals surface area (Å²) in [4.78, 5) is 21.3. The third-order valence-electron chi connectivity index (χ3n) is 2.34. The Morgan fingerprint density at radius 3 is 2.95 bits per heavy atom. The third-order valence-corrected chi connectivity index (χ3v) is 2.83. The smallest absolute Gasteiger partial charge is 0.433 e. The number of carbonyl (C=O) groups excluding carboxylic acids is 1. The van der Waals surface area contributed by atoms with E-state index >= 15 is 0 Å². The summed E-state index contributed by atoms with van der Waals surface area (Å²) in [5.41, 5.74) is 2.22. The Hall–Kier alpha value is -2.68. The lowest BCUT2D eigenvalue weighted by Gasteiger charge is -2.04. The predicted octanol–water partition coefficient (Wildman–Crippen LogP) is 2.48. The molecule has 2 aromatic rings. The molecule has 114 valence electrons. The molecule has 1 amide bonds. The van der Waals surface area contributed by atoms with Gasteiger partial charge in [-0.3, -0.25) is 14.9 Å². The summed E-state index contributed by atoms with van der Waals surface area (Å²) >= 11 is 3.29. The Balaban J connectivity index is 1.79. The van der Waals surface area contributed by atoms with E-state index in [1.165, 1.54) is 12.1 Å². The van der Waals surface area contributed by atoms with Crippen LogP contribution in [0.4, 0.5) is 5.88 Å². The lowest BCUT2D eigenvalue weighted by molar-refractivity contribution is -0.402. The number of nitro groups is 1. The van der Waals surface area contributed by atoms with Crippen LogP contribution in [0.1, 0.15) is 5.76 Å². The van der Waals surface area contributed by atoms with E-state index in [2.05, 4.69) is 26.5 Å². The molecule has 0 saturated heterocycles. The van der Waals surface area contributed by atoms with Crippen molar-refractivity contribution in [3.05, 3.63) is 56.7 Å². The lowest BCUT2D eigenvalue weighted by Crippen LogP contribution is -2.24. The van der Waals surface area contributed by atoms with Crippen LogP contribution in [0.15, 0.2) is 50.4 Å². The molecule has 0 saturated carbocycles. The predicted molar refractivity (Wildman–Crippen MR) is 80.7 cm³/mol. The van der Waals surface area contributed by atoms with Crippen LogP contribution in [-0.4, -0.2) is 23.7 Å². The summed E-state index contributed by atoms with van der Waals surface area (Å²) in [5, 5.41) is 14.0. The molecule has 1 aromatic heterocycles. The summed E-state index contributed by atoms with van der Waals surface area (Å²) in [7, 11) is 0. The number of hydrogen-bond donors (Lipinski definition) is 1. The van der Waals surface area contributed by atoms with Gasteiger partial charge in [0, 0.05) is 4.47 Å². The van der Waals surface area contributed by atoms with Gasteiger partial charge in [0.25, 0.3) is 5.91 Å². The van der Waals surface area contributed by atoms with Crippen LogP contribution in [-0.2, 0) is 4.79 Å². The van der Waals surface area contributed by atoms with Crippen molar-refractivity contribution in [3.63, 3.8) is 0 Å². The van der Waals surface area contributed by atoms with Crippen LogP contribution in [0.5, 0.6) is 5.75 Å². The van der Waals surface area contributed by atoms with Gasteiger partial charge in [0.05, 0.1) is 12.3 Å². The first-order chi connectivity index (χ1) is 10.5. The monoisotopic (exact) mass is 367 g/mol. The van der Waals surface area contributed by atoms with Gasteiger partial charge < -0.3 is 9.15 Å².